The summed E-state index contributed by atoms with van der Waals surface area (Å²) in [5.74, 6) is 1.63. The second-order valence-electron chi connectivity index (χ2n) is 6.49. The number of hydrogen-bond donors (Lipinski definition) is 1. The molecule has 0 spiro atoms. The van der Waals surface area contributed by atoms with Gasteiger partial charge in [-0.25, -0.2) is 4.79 Å². The molecule has 0 aromatic heterocycles. The number of amides is 1. The van der Waals surface area contributed by atoms with Gasteiger partial charge < -0.3 is 15.0 Å². The van der Waals surface area contributed by atoms with Crippen molar-refractivity contribution in [2.45, 2.75) is 58.6 Å². The fourth-order valence-electron chi connectivity index (χ4n) is 2.28. The third kappa shape index (κ3) is 7.81. The summed E-state index contributed by atoms with van der Waals surface area (Å²) >= 11 is 0. The molecule has 1 aliphatic rings. The van der Waals surface area contributed by atoms with Gasteiger partial charge in [-0.15, -0.1) is 0 Å². The van der Waals surface area contributed by atoms with Crippen molar-refractivity contribution in [3.05, 3.63) is 0 Å². The van der Waals surface area contributed by atoms with Gasteiger partial charge in [0.15, 0.2) is 0 Å². The zero-order chi connectivity index (χ0) is 15.9. The molecule has 21 heavy (non-hydrogen) atoms. The standard InChI is InChI=1S/C15H30N2O3S/c1-5-17(14(18)20-15(2,3)4)10-6-9-16-13-7-11-21(19)12-8-13/h13,16H,5-12H2,1-4H3. The number of ether oxygens (including phenoxy) is 1. The summed E-state index contributed by atoms with van der Waals surface area (Å²) in [6, 6.07) is 0.485. The maximum Gasteiger partial charge on any atom is 0.410 e. The molecule has 1 fully saturated rings. The van der Waals surface area contributed by atoms with Crippen molar-refractivity contribution in [3.8, 4) is 0 Å². The molecule has 0 radical (unpaired) electrons. The van der Waals surface area contributed by atoms with E-state index >= 15 is 0 Å². The summed E-state index contributed by atoms with van der Waals surface area (Å²) in [7, 11) is -0.602. The monoisotopic (exact) mass is 318 g/mol. The van der Waals surface area contributed by atoms with Crippen LogP contribution in [0.4, 0.5) is 4.79 Å². The van der Waals surface area contributed by atoms with Gasteiger partial charge >= 0.3 is 6.09 Å². The van der Waals surface area contributed by atoms with E-state index in [9.17, 15) is 9.00 Å². The summed E-state index contributed by atoms with van der Waals surface area (Å²) in [4.78, 5) is 13.7. The molecule has 1 aliphatic heterocycles. The molecule has 0 aromatic rings. The van der Waals surface area contributed by atoms with Crippen LogP contribution in [0.3, 0.4) is 0 Å². The van der Waals surface area contributed by atoms with Gasteiger partial charge in [0.25, 0.3) is 0 Å². The smallest absolute Gasteiger partial charge is 0.410 e. The molecular weight excluding hydrogens is 288 g/mol. The lowest BCUT2D eigenvalue weighted by molar-refractivity contribution is 0.0258. The zero-order valence-corrected chi connectivity index (χ0v) is 14.6. The average Bonchev–Trinajstić information content (AvgIpc) is 2.38. The highest BCUT2D eigenvalue weighted by Crippen LogP contribution is 2.11. The van der Waals surface area contributed by atoms with Crippen molar-refractivity contribution in [2.75, 3.05) is 31.1 Å². The third-order valence-corrected chi connectivity index (χ3v) is 4.84. The Hall–Kier alpha value is -0.620. The van der Waals surface area contributed by atoms with E-state index < -0.39 is 16.4 Å². The van der Waals surface area contributed by atoms with E-state index in [1.165, 1.54) is 0 Å². The van der Waals surface area contributed by atoms with Gasteiger partial charge in [-0.05, 0) is 53.5 Å². The number of carbonyl (C=O) groups excluding carboxylic acids is 1. The van der Waals surface area contributed by atoms with E-state index in [1.807, 2.05) is 27.7 Å². The molecule has 0 atom stereocenters. The lowest BCUT2D eigenvalue weighted by Crippen LogP contribution is -2.40. The Morgan fingerprint density at radius 3 is 2.48 bits per heavy atom. The predicted molar refractivity (Wildman–Crippen MR) is 87.0 cm³/mol. The molecule has 1 N–H and O–H groups in total. The van der Waals surface area contributed by atoms with Crippen molar-refractivity contribution < 1.29 is 13.7 Å². The first-order chi connectivity index (χ1) is 9.81. The molecule has 1 heterocycles. The normalized spacial score (nSPS) is 22.9. The van der Waals surface area contributed by atoms with Gasteiger partial charge in [0, 0.05) is 41.4 Å². The quantitative estimate of drug-likeness (QED) is 0.762. The molecule has 1 saturated heterocycles. The predicted octanol–water partition coefficient (Wildman–Crippen LogP) is 2.13. The second-order valence-corrected chi connectivity index (χ2v) is 8.19. The highest BCUT2D eigenvalue weighted by molar-refractivity contribution is 7.85. The van der Waals surface area contributed by atoms with Crippen LogP contribution in [0.1, 0.15) is 47.0 Å². The molecule has 0 unspecified atom stereocenters. The molecule has 0 bridgehead atoms. The van der Waals surface area contributed by atoms with Crippen LogP contribution in [0.25, 0.3) is 0 Å². The van der Waals surface area contributed by atoms with Gasteiger partial charge in [-0.1, -0.05) is 0 Å². The minimum Gasteiger partial charge on any atom is -0.444 e. The summed E-state index contributed by atoms with van der Waals surface area (Å²) in [5.41, 5.74) is -0.444. The molecular formula is C15H30N2O3S. The first-order valence-corrected chi connectivity index (χ1v) is 9.37. The minimum atomic E-state index is -0.602. The molecule has 124 valence electrons. The Morgan fingerprint density at radius 2 is 1.95 bits per heavy atom. The Bertz CT molecular complexity index is 345. The molecule has 0 aliphatic carbocycles. The highest BCUT2D eigenvalue weighted by Gasteiger charge is 2.21. The highest BCUT2D eigenvalue weighted by atomic mass is 32.2. The largest absolute Gasteiger partial charge is 0.444 e. The van der Waals surface area contributed by atoms with E-state index in [1.54, 1.807) is 4.90 Å². The topological polar surface area (TPSA) is 58.6 Å². The fraction of sp³-hybridized carbons (Fsp3) is 0.933. The summed E-state index contributed by atoms with van der Waals surface area (Å²) in [6.45, 7) is 9.87. The van der Waals surface area contributed by atoms with Crippen LogP contribution in [-0.4, -0.2) is 58.0 Å². The van der Waals surface area contributed by atoms with Crippen LogP contribution in [0.15, 0.2) is 0 Å². The number of carbonyl (C=O) groups is 1. The van der Waals surface area contributed by atoms with Gasteiger partial charge in [0.1, 0.15) is 5.60 Å². The Balaban J connectivity index is 2.20. The minimum absolute atomic E-state index is 0.238. The number of nitrogens with zero attached hydrogens (tertiary/aromatic N) is 1. The molecule has 5 nitrogen and oxygen atoms in total. The van der Waals surface area contributed by atoms with E-state index in [0.717, 1.165) is 37.3 Å². The van der Waals surface area contributed by atoms with Crippen LogP contribution in [0.5, 0.6) is 0 Å². The first-order valence-electron chi connectivity index (χ1n) is 7.88. The van der Waals surface area contributed by atoms with Crippen LogP contribution >= 0.6 is 0 Å². The van der Waals surface area contributed by atoms with Gasteiger partial charge in [-0.3, -0.25) is 4.21 Å². The van der Waals surface area contributed by atoms with Gasteiger partial charge in [0.05, 0.1) is 0 Å². The van der Waals surface area contributed by atoms with Crippen molar-refractivity contribution >= 4 is 16.9 Å². The molecule has 1 amide bonds. The molecule has 1 rings (SSSR count). The maximum atomic E-state index is 12.0. The summed E-state index contributed by atoms with van der Waals surface area (Å²) in [6.07, 6.45) is 2.66. The first kappa shape index (κ1) is 18.4. The van der Waals surface area contributed by atoms with Crippen LogP contribution < -0.4 is 5.32 Å². The SMILES string of the molecule is CCN(CCCNC1CCS(=O)CC1)C(=O)OC(C)(C)C. The number of rotatable bonds is 6. The van der Waals surface area contributed by atoms with Gasteiger partial charge in [-0.2, -0.15) is 0 Å². The molecule has 6 heteroatoms. The molecule has 0 aromatic carbocycles. The van der Waals surface area contributed by atoms with Crippen molar-refractivity contribution in [1.29, 1.82) is 0 Å². The third-order valence-electron chi connectivity index (χ3n) is 3.46. The van der Waals surface area contributed by atoms with Crippen LogP contribution in [0.2, 0.25) is 0 Å². The van der Waals surface area contributed by atoms with Crippen LogP contribution in [-0.2, 0) is 15.5 Å². The van der Waals surface area contributed by atoms with Crippen molar-refractivity contribution in [2.24, 2.45) is 0 Å². The summed E-state index contributed by atoms with van der Waals surface area (Å²) in [5, 5.41) is 3.50. The maximum absolute atomic E-state index is 12.0. The number of hydrogen-bond acceptors (Lipinski definition) is 4. The van der Waals surface area contributed by atoms with Gasteiger partial charge in [0.2, 0.25) is 0 Å². The van der Waals surface area contributed by atoms with Crippen molar-refractivity contribution in [3.63, 3.8) is 0 Å². The van der Waals surface area contributed by atoms with Crippen molar-refractivity contribution in [1.82, 2.24) is 10.2 Å². The lowest BCUT2D eigenvalue weighted by Gasteiger charge is -2.27. The molecule has 0 saturated carbocycles. The Morgan fingerprint density at radius 1 is 1.33 bits per heavy atom. The van der Waals surface area contributed by atoms with E-state index in [-0.39, 0.29) is 6.09 Å². The van der Waals surface area contributed by atoms with E-state index in [2.05, 4.69) is 5.32 Å². The average molecular weight is 318 g/mol. The fourth-order valence-corrected chi connectivity index (χ4v) is 3.58. The second kappa shape index (κ2) is 8.73. The summed E-state index contributed by atoms with van der Waals surface area (Å²) < 4.78 is 16.7. The van der Waals surface area contributed by atoms with E-state index in [4.69, 9.17) is 4.74 Å². The van der Waals surface area contributed by atoms with Crippen LogP contribution in [0, 0.1) is 0 Å². The van der Waals surface area contributed by atoms with E-state index in [0.29, 0.717) is 19.1 Å². The Kier molecular flexibility index (Phi) is 7.66. The Labute approximate surface area is 131 Å². The lowest BCUT2D eigenvalue weighted by atomic mass is 10.1. The number of nitrogens with one attached hydrogen (secondary N) is 1. The zero-order valence-electron chi connectivity index (χ0n) is 13.8.